The topological polar surface area (TPSA) is 73.1 Å². The molecule has 5 nitrogen and oxygen atoms in total. The molecule has 0 aliphatic heterocycles. The monoisotopic (exact) mass is 286 g/mol. The molecule has 2 rings (SSSR count). The summed E-state index contributed by atoms with van der Waals surface area (Å²) in [5.74, 6) is 7.43. The Morgan fingerprint density at radius 2 is 1.90 bits per heavy atom. The maximum atomic E-state index is 6.05. The van der Waals surface area contributed by atoms with Crippen molar-refractivity contribution in [2.24, 2.45) is 5.84 Å². The summed E-state index contributed by atoms with van der Waals surface area (Å²) in [6.07, 6.45) is 2.18. The molecule has 0 aliphatic carbocycles. The smallest absolute Gasteiger partial charge is 0.227 e. The highest BCUT2D eigenvalue weighted by Crippen LogP contribution is 2.35. The van der Waals surface area contributed by atoms with Gasteiger partial charge < -0.3 is 10.2 Å². The molecule has 0 fully saturated rings. The second-order valence-corrected chi connectivity index (χ2v) is 5.85. The van der Waals surface area contributed by atoms with Gasteiger partial charge in [0, 0.05) is 5.56 Å². The molecule has 112 valence electrons. The number of aromatic nitrogens is 2. The van der Waals surface area contributed by atoms with Gasteiger partial charge in [-0.2, -0.15) is 0 Å². The van der Waals surface area contributed by atoms with Gasteiger partial charge in [-0.25, -0.2) is 15.8 Å². The van der Waals surface area contributed by atoms with Crippen LogP contribution in [0, 0.1) is 0 Å². The molecular formula is C16H22N4O. The Morgan fingerprint density at radius 3 is 2.52 bits per heavy atom. The van der Waals surface area contributed by atoms with Gasteiger partial charge in [0.1, 0.15) is 17.9 Å². The first-order valence-electron chi connectivity index (χ1n) is 7.05. The van der Waals surface area contributed by atoms with Crippen LogP contribution in [0.5, 0.6) is 11.6 Å². The van der Waals surface area contributed by atoms with Crippen LogP contribution in [-0.4, -0.2) is 9.97 Å². The minimum Gasteiger partial charge on any atom is -0.438 e. The summed E-state index contributed by atoms with van der Waals surface area (Å²) in [5.41, 5.74) is 4.57. The van der Waals surface area contributed by atoms with E-state index in [1.165, 1.54) is 6.33 Å². The third kappa shape index (κ3) is 3.31. The molecule has 0 saturated carbocycles. The maximum Gasteiger partial charge on any atom is 0.227 e. The lowest BCUT2D eigenvalue weighted by Gasteiger charge is -2.22. The predicted octanol–water partition coefficient (Wildman–Crippen LogP) is 3.41. The van der Waals surface area contributed by atoms with Crippen molar-refractivity contribution in [3.05, 3.63) is 41.7 Å². The summed E-state index contributed by atoms with van der Waals surface area (Å²) in [7, 11) is 0. The van der Waals surface area contributed by atoms with Crippen molar-refractivity contribution in [3.63, 3.8) is 0 Å². The fraction of sp³-hybridized carbons (Fsp3) is 0.375. The van der Waals surface area contributed by atoms with Crippen LogP contribution in [0.1, 0.15) is 38.8 Å². The minimum absolute atomic E-state index is 0.00898. The van der Waals surface area contributed by atoms with Crippen molar-refractivity contribution in [2.75, 3.05) is 5.43 Å². The van der Waals surface area contributed by atoms with E-state index in [1.807, 2.05) is 25.1 Å². The summed E-state index contributed by atoms with van der Waals surface area (Å²) < 4.78 is 6.05. The zero-order valence-electron chi connectivity index (χ0n) is 13.0. The Kier molecular flexibility index (Phi) is 4.43. The highest BCUT2D eigenvalue weighted by Gasteiger charge is 2.20. The van der Waals surface area contributed by atoms with Crippen molar-refractivity contribution in [3.8, 4) is 11.6 Å². The first-order valence-corrected chi connectivity index (χ1v) is 7.05. The normalized spacial score (nSPS) is 11.3. The molecule has 1 heterocycles. The molecule has 3 N–H and O–H groups in total. The lowest BCUT2D eigenvalue weighted by molar-refractivity contribution is 0.434. The average Bonchev–Trinajstić information content (AvgIpc) is 2.46. The first kappa shape index (κ1) is 15.3. The maximum absolute atomic E-state index is 6.05. The standard InChI is InChI=1S/C16H22N4O/c1-5-11-14(20-17)18-10-19-15(11)21-13-9-7-6-8-12(13)16(2,3)4/h6-10H,5,17H2,1-4H3,(H,18,19,20). The van der Waals surface area contributed by atoms with Crippen molar-refractivity contribution < 1.29 is 4.74 Å². The van der Waals surface area contributed by atoms with Gasteiger partial charge in [0.2, 0.25) is 5.88 Å². The first-order chi connectivity index (χ1) is 9.97. The Balaban J connectivity index is 2.44. The number of nitrogens with zero attached hydrogens (tertiary/aromatic N) is 2. The molecule has 0 unspecified atom stereocenters. The number of hydrazine groups is 1. The molecule has 0 radical (unpaired) electrons. The Hall–Kier alpha value is -2.14. The molecule has 0 saturated heterocycles. The fourth-order valence-corrected chi connectivity index (χ4v) is 2.21. The van der Waals surface area contributed by atoms with Gasteiger partial charge in [0.05, 0.1) is 5.56 Å². The number of hydrogen-bond donors (Lipinski definition) is 2. The lowest BCUT2D eigenvalue weighted by Crippen LogP contribution is -2.14. The van der Waals surface area contributed by atoms with Crippen LogP contribution in [0.2, 0.25) is 0 Å². The second-order valence-electron chi connectivity index (χ2n) is 5.85. The minimum atomic E-state index is -0.00898. The van der Waals surface area contributed by atoms with Crippen LogP contribution in [0.4, 0.5) is 5.82 Å². The van der Waals surface area contributed by atoms with E-state index in [9.17, 15) is 0 Å². The van der Waals surface area contributed by atoms with Crippen molar-refractivity contribution in [2.45, 2.75) is 39.5 Å². The van der Waals surface area contributed by atoms with Crippen LogP contribution in [0.25, 0.3) is 0 Å². The van der Waals surface area contributed by atoms with Crippen LogP contribution < -0.4 is 16.0 Å². The fourth-order valence-electron chi connectivity index (χ4n) is 2.21. The van der Waals surface area contributed by atoms with E-state index in [-0.39, 0.29) is 5.41 Å². The number of nitrogens with two attached hydrogens (primary N) is 1. The summed E-state index contributed by atoms with van der Waals surface area (Å²) >= 11 is 0. The van der Waals surface area contributed by atoms with Crippen LogP contribution in [0.15, 0.2) is 30.6 Å². The van der Waals surface area contributed by atoms with Gasteiger partial charge >= 0.3 is 0 Å². The van der Waals surface area contributed by atoms with Gasteiger partial charge in [0.25, 0.3) is 0 Å². The van der Waals surface area contributed by atoms with Crippen molar-refractivity contribution >= 4 is 5.82 Å². The largest absolute Gasteiger partial charge is 0.438 e. The summed E-state index contributed by atoms with van der Waals surface area (Å²) in [6.45, 7) is 8.48. The van der Waals surface area contributed by atoms with E-state index in [0.717, 1.165) is 23.3 Å². The average molecular weight is 286 g/mol. The van der Waals surface area contributed by atoms with Crippen molar-refractivity contribution in [1.82, 2.24) is 9.97 Å². The quantitative estimate of drug-likeness (QED) is 0.665. The molecule has 0 spiro atoms. The number of nitrogens with one attached hydrogen (secondary N) is 1. The van der Waals surface area contributed by atoms with E-state index < -0.39 is 0 Å². The molecule has 0 atom stereocenters. The summed E-state index contributed by atoms with van der Waals surface area (Å²) in [6, 6.07) is 8.00. The number of ether oxygens (including phenoxy) is 1. The molecule has 5 heteroatoms. The van der Waals surface area contributed by atoms with Gasteiger partial charge in [-0.3, -0.25) is 0 Å². The summed E-state index contributed by atoms with van der Waals surface area (Å²) in [4.78, 5) is 8.36. The van der Waals surface area contributed by atoms with Crippen LogP contribution in [0.3, 0.4) is 0 Å². The number of para-hydroxylation sites is 1. The van der Waals surface area contributed by atoms with Crippen LogP contribution >= 0.6 is 0 Å². The van der Waals surface area contributed by atoms with Gasteiger partial charge in [0.15, 0.2) is 0 Å². The predicted molar refractivity (Wildman–Crippen MR) is 84.4 cm³/mol. The highest BCUT2D eigenvalue weighted by atomic mass is 16.5. The Morgan fingerprint density at radius 1 is 1.19 bits per heavy atom. The molecule has 2 aromatic rings. The lowest BCUT2D eigenvalue weighted by atomic mass is 9.86. The van der Waals surface area contributed by atoms with Crippen molar-refractivity contribution in [1.29, 1.82) is 0 Å². The molecule has 0 bridgehead atoms. The zero-order valence-corrected chi connectivity index (χ0v) is 13.0. The third-order valence-corrected chi connectivity index (χ3v) is 3.30. The van der Waals surface area contributed by atoms with E-state index in [0.29, 0.717) is 11.7 Å². The number of anilines is 1. The Bertz CT molecular complexity index is 620. The molecule has 1 aromatic carbocycles. The second kappa shape index (κ2) is 6.10. The number of nitrogen functional groups attached to an aromatic ring is 1. The summed E-state index contributed by atoms with van der Waals surface area (Å²) in [5, 5.41) is 0. The number of hydrogen-bond acceptors (Lipinski definition) is 5. The van der Waals surface area contributed by atoms with E-state index in [1.54, 1.807) is 0 Å². The van der Waals surface area contributed by atoms with Gasteiger partial charge in [-0.05, 0) is 17.9 Å². The van der Waals surface area contributed by atoms with E-state index >= 15 is 0 Å². The zero-order chi connectivity index (χ0) is 15.5. The molecule has 0 aliphatic rings. The van der Waals surface area contributed by atoms with Gasteiger partial charge in [-0.1, -0.05) is 45.9 Å². The molecule has 0 amide bonds. The molecule has 21 heavy (non-hydrogen) atoms. The van der Waals surface area contributed by atoms with Gasteiger partial charge in [-0.15, -0.1) is 0 Å². The highest BCUT2D eigenvalue weighted by molar-refractivity contribution is 5.50. The molecular weight excluding hydrogens is 264 g/mol. The third-order valence-electron chi connectivity index (χ3n) is 3.30. The van der Waals surface area contributed by atoms with E-state index in [2.05, 4.69) is 42.2 Å². The number of benzene rings is 1. The Labute approximate surface area is 125 Å². The number of rotatable bonds is 4. The SMILES string of the molecule is CCc1c(NN)ncnc1Oc1ccccc1C(C)(C)C. The van der Waals surface area contributed by atoms with E-state index in [4.69, 9.17) is 10.6 Å². The van der Waals surface area contributed by atoms with Crippen LogP contribution in [-0.2, 0) is 11.8 Å². The molecule has 1 aromatic heterocycles.